The van der Waals surface area contributed by atoms with Crippen LogP contribution in [0, 0.1) is 5.82 Å². The number of ether oxygens (including phenoxy) is 1. The number of benzene rings is 1. The Hall–Kier alpha value is -1.36. The second-order valence-corrected chi connectivity index (χ2v) is 4.51. The number of nitrogens with one attached hydrogen (secondary N) is 1. The Balaban J connectivity index is 2.55. The molecular weight excluding hydrogens is 239 g/mol. The topological polar surface area (TPSA) is 47.3 Å². The van der Waals surface area contributed by atoms with Gasteiger partial charge in [-0.1, -0.05) is 6.08 Å². The van der Waals surface area contributed by atoms with Crippen LogP contribution >= 0.6 is 11.8 Å². The summed E-state index contributed by atoms with van der Waals surface area (Å²) in [5, 5.41) is 3.15. The summed E-state index contributed by atoms with van der Waals surface area (Å²) >= 11 is 1.76. The number of hydrogen-bond donors (Lipinski definition) is 2. The maximum atomic E-state index is 13.3. The van der Waals surface area contributed by atoms with Gasteiger partial charge in [-0.25, -0.2) is 4.39 Å². The van der Waals surface area contributed by atoms with E-state index < -0.39 is 5.82 Å². The maximum Gasteiger partial charge on any atom is 0.167 e. The SMILES string of the molecule is C=CCSCCNc1cc(OC)c(F)cc1N. The Labute approximate surface area is 105 Å². The van der Waals surface area contributed by atoms with E-state index in [4.69, 9.17) is 10.5 Å². The van der Waals surface area contributed by atoms with Crippen LogP contribution in [0.15, 0.2) is 24.8 Å². The van der Waals surface area contributed by atoms with Crippen LogP contribution in [0.5, 0.6) is 5.75 Å². The largest absolute Gasteiger partial charge is 0.494 e. The number of hydrogen-bond acceptors (Lipinski definition) is 4. The molecule has 0 aliphatic rings. The van der Waals surface area contributed by atoms with Crippen LogP contribution in [-0.4, -0.2) is 25.2 Å². The van der Waals surface area contributed by atoms with E-state index in [9.17, 15) is 4.39 Å². The van der Waals surface area contributed by atoms with E-state index in [2.05, 4.69) is 11.9 Å². The molecule has 0 spiro atoms. The van der Waals surface area contributed by atoms with Crippen LogP contribution < -0.4 is 15.8 Å². The van der Waals surface area contributed by atoms with Crippen molar-refractivity contribution in [3.8, 4) is 5.75 Å². The molecule has 0 radical (unpaired) electrons. The molecule has 1 aromatic carbocycles. The Morgan fingerprint density at radius 2 is 2.35 bits per heavy atom. The summed E-state index contributed by atoms with van der Waals surface area (Å²) in [7, 11) is 1.43. The molecule has 0 atom stereocenters. The van der Waals surface area contributed by atoms with E-state index in [0.29, 0.717) is 11.4 Å². The number of thioether (sulfide) groups is 1. The van der Waals surface area contributed by atoms with E-state index >= 15 is 0 Å². The Bertz CT molecular complexity index is 385. The third-order valence-corrected chi connectivity index (χ3v) is 3.09. The molecule has 94 valence electrons. The predicted molar refractivity (Wildman–Crippen MR) is 73.4 cm³/mol. The normalized spacial score (nSPS) is 10.0. The van der Waals surface area contributed by atoms with Crippen molar-refractivity contribution < 1.29 is 9.13 Å². The van der Waals surface area contributed by atoms with Gasteiger partial charge in [0, 0.05) is 30.2 Å². The van der Waals surface area contributed by atoms with Crippen LogP contribution in [0.25, 0.3) is 0 Å². The maximum absolute atomic E-state index is 13.3. The molecule has 5 heteroatoms. The summed E-state index contributed by atoms with van der Waals surface area (Å²) in [5.74, 6) is 1.60. The number of methoxy groups -OCH3 is 1. The van der Waals surface area contributed by atoms with Crippen LogP contribution in [0.2, 0.25) is 0 Å². The van der Waals surface area contributed by atoms with Gasteiger partial charge in [0.1, 0.15) is 0 Å². The first-order valence-corrected chi connectivity index (χ1v) is 6.40. The highest BCUT2D eigenvalue weighted by Crippen LogP contribution is 2.27. The van der Waals surface area contributed by atoms with Gasteiger partial charge in [-0.15, -0.1) is 6.58 Å². The van der Waals surface area contributed by atoms with Crippen molar-refractivity contribution in [3.63, 3.8) is 0 Å². The Kier molecular flexibility index (Phi) is 5.69. The third-order valence-electron chi connectivity index (χ3n) is 2.12. The summed E-state index contributed by atoms with van der Waals surface area (Å²) < 4.78 is 18.2. The fourth-order valence-electron chi connectivity index (χ4n) is 1.30. The lowest BCUT2D eigenvalue weighted by atomic mass is 10.2. The second kappa shape index (κ2) is 7.06. The van der Waals surface area contributed by atoms with E-state index in [1.807, 2.05) is 6.08 Å². The van der Waals surface area contributed by atoms with Crippen molar-refractivity contribution >= 4 is 23.1 Å². The lowest BCUT2D eigenvalue weighted by Crippen LogP contribution is -2.07. The van der Waals surface area contributed by atoms with Crippen LogP contribution in [0.1, 0.15) is 0 Å². The van der Waals surface area contributed by atoms with E-state index in [1.54, 1.807) is 17.8 Å². The van der Waals surface area contributed by atoms with Crippen molar-refractivity contribution in [3.05, 3.63) is 30.6 Å². The van der Waals surface area contributed by atoms with Crippen molar-refractivity contribution in [2.45, 2.75) is 0 Å². The molecule has 0 bridgehead atoms. The minimum Gasteiger partial charge on any atom is -0.494 e. The molecule has 0 aliphatic carbocycles. The second-order valence-electron chi connectivity index (χ2n) is 3.36. The fourth-order valence-corrected chi connectivity index (χ4v) is 1.88. The van der Waals surface area contributed by atoms with Gasteiger partial charge in [0.25, 0.3) is 0 Å². The molecule has 0 aromatic heterocycles. The average molecular weight is 256 g/mol. The molecule has 1 rings (SSSR count). The summed E-state index contributed by atoms with van der Waals surface area (Å²) in [6, 6.07) is 2.83. The highest BCUT2D eigenvalue weighted by Gasteiger charge is 2.07. The van der Waals surface area contributed by atoms with Gasteiger partial charge in [-0.2, -0.15) is 11.8 Å². The van der Waals surface area contributed by atoms with Gasteiger partial charge in [0.05, 0.1) is 18.5 Å². The van der Waals surface area contributed by atoms with Gasteiger partial charge in [0.15, 0.2) is 11.6 Å². The first-order valence-electron chi connectivity index (χ1n) is 5.24. The number of nitrogens with two attached hydrogens (primary N) is 1. The first kappa shape index (κ1) is 13.7. The van der Waals surface area contributed by atoms with Crippen molar-refractivity contribution in [1.29, 1.82) is 0 Å². The zero-order chi connectivity index (χ0) is 12.7. The van der Waals surface area contributed by atoms with E-state index in [0.717, 1.165) is 18.1 Å². The van der Waals surface area contributed by atoms with Gasteiger partial charge in [0.2, 0.25) is 0 Å². The molecule has 0 saturated heterocycles. The lowest BCUT2D eigenvalue weighted by molar-refractivity contribution is 0.387. The molecule has 0 amide bonds. The quantitative estimate of drug-likeness (QED) is 0.447. The molecule has 0 saturated carbocycles. The minimum absolute atomic E-state index is 0.195. The van der Waals surface area contributed by atoms with Crippen LogP contribution in [0.3, 0.4) is 0 Å². The molecule has 17 heavy (non-hydrogen) atoms. The van der Waals surface area contributed by atoms with Gasteiger partial charge >= 0.3 is 0 Å². The number of nitrogen functional groups attached to an aromatic ring is 1. The van der Waals surface area contributed by atoms with E-state index in [1.165, 1.54) is 13.2 Å². The van der Waals surface area contributed by atoms with Gasteiger partial charge < -0.3 is 15.8 Å². The van der Waals surface area contributed by atoms with E-state index in [-0.39, 0.29) is 5.75 Å². The minimum atomic E-state index is -0.448. The highest BCUT2D eigenvalue weighted by atomic mass is 32.2. The summed E-state index contributed by atoms with van der Waals surface area (Å²) in [4.78, 5) is 0. The zero-order valence-electron chi connectivity index (χ0n) is 9.83. The average Bonchev–Trinajstić information content (AvgIpc) is 2.31. The standard InChI is InChI=1S/C12H17FN2OS/c1-3-5-17-6-4-15-11-8-12(16-2)9(13)7-10(11)14/h3,7-8,15H,1,4-6,14H2,2H3. The molecule has 1 aromatic rings. The van der Waals surface area contributed by atoms with Crippen LogP contribution in [0.4, 0.5) is 15.8 Å². The van der Waals surface area contributed by atoms with Crippen molar-refractivity contribution in [1.82, 2.24) is 0 Å². The van der Waals surface area contributed by atoms with Crippen molar-refractivity contribution in [2.75, 3.05) is 36.2 Å². The fraction of sp³-hybridized carbons (Fsp3) is 0.333. The Morgan fingerprint density at radius 1 is 1.59 bits per heavy atom. The predicted octanol–water partition coefficient (Wildman–Crippen LogP) is 2.75. The Morgan fingerprint density at radius 3 is 3.00 bits per heavy atom. The molecule has 0 aliphatic heterocycles. The zero-order valence-corrected chi connectivity index (χ0v) is 10.6. The number of halogens is 1. The molecule has 3 N–H and O–H groups in total. The number of anilines is 2. The smallest absolute Gasteiger partial charge is 0.167 e. The van der Waals surface area contributed by atoms with Crippen LogP contribution in [-0.2, 0) is 0 Å². The lowest BCUT2D eigenvalue weighted by Gasteiger charge is -2.11. The molecule has 3 nitrogen and oxygen atoms in total. The summed E-state index contributed by atoms with van der Waals surface area (Å²) in [5.41, 5.74) is 6.79. The molecule has 0 heterocycles. The first-order chi connectivity index (χ1) is 8.19. The monoisotopic (exact) mass is 256 g/mol. The molecule has 0 fully saturated rings. The van der Waals surface area contributed by atoms with Gasteiger partial charge in [-0.05, 0) is 0 Å². The summed E-state index contributed by atoms with van der Waals surface area (Å²) in [6.07, 6.45) is 1.86. The van der Waals surface area contributed by atoms with Crippen molar-refractivity contribution in [2.24, 2.45) is 0 Å². The highest BCUT2D eigenvalue weighted by molar-refractivity contribution is 7.99. The third kappa shape index (κ3) is 4.19. The molecular formula is C12H17FN2OS. The molecule has 0 unspecified atom stereocenters. The van der Waals surface area contributed by atoms with Gasteiger partial charge in [-0.3, -0.25) is 0 Å². The summed E-state index contributed by atoms with van der Waals surface area (Å²) in [6.45, 7) is 4.40. The number of rotatable bonds is 7.